The largest absolute Gasteiger partial charge is 0.501 e. The Balaban J connectivity index is 0.000000264. The van der Waals surface area contributed by atoms with Crippen LogP contribution in [0, 0.1) is 19.1 Å². The molecule has 1 radical (unpaired) electrons. The summed E-state index contributed by atoms with van der Waals surface area (Å²) in [5.41, 5.74) is 12.6. The van der Waals surface area contributed by atoms with E-state index in [4.69, 9.17) is 17.9 Å². The molecule has 0 spiro atoms. The van der Waals surface area contributed by atoms with E-state index >= 15 is 0 Å². The van der Waals surface area contributed by atoms with Gasteiger partial charge in [0, 0.05) is 69.7 Å². The van der Waals surface area contributed by atoms with E-state index in [-0.39, 0.29) is 48.3 Å². The zero-order valence-electron chi connectivity index (χ0n) is 45.8. The maximum Gasteiger partial charge on any atom is 0.136 e. The summed E-state index contributed by atoms with van der Waals surface area (Å²) in [7, 11) is 0. The summed E-state index contributed by atoms with van der Waals surface area (Å²) in [6.45, 7) is 19.2. The third kappa shape index (κ3) is 8.93. The summed E-state index contributed by atoms with van der Waals surface area (Å²) in [6, 6.07) is 44.6. The monoisotopic (exact) mass is 1140 g/mol. The smallest absolute Gasteiger partial charge is 0.136 e. The molecule has 0 saturated carbocycles. The zero-order valence-corrected chi connectivity index (χ0v) is 45.2. The Hall–Kier alpha value is -7.32. The summed E-state index contributed by atoms with van der Waals surface area (Å²) in [6.07, 6.45) is 8.43. The first kappa shape index (κ1) is 45.5. The maximum absolute atomic E-state index is 8.62. The fourth-order valence-corrected chi connectivity index (χ4v) is 9.67. The zero-order chi connectivity index (χ0) is 52.7. The molecule has 0 aliphatic heterocycles. The van der Waals surface area contributed by atoms with Crippen LogP contribution in [0.2, 0.25) is 0 Å². The molecule has 73 heavy (non-hydrogen) atoms. The number of nitrogens with zero attached hydrogens (tertiary/aromatic N) is 6. The standard InChI is InChI=1S/C48H37N2O2.C16H21N4.Ir/c1-27(2)36-23-32(30-13-7-6-8-14-30)24-37(28(3)4)45(36)50-46-33-16-10-9-15-31(33)20-22-40(46)49-48(50)35-21-19-29(5)44-39-26-42-38(25-43(39)52-47(35)44)34-17-11-12-18-41(34)51-42;1-15(2,3)12-9-17-13(18-10-12)11-7-19-14(20-8-11)16(4,5)6;/h6-20,22-28H,1-5H3;7,9-10H,1-6H3;/q2*-1;/i5D3;;. The van der Waals surface area contributed by atoms with Crippen molar-refractivity contribution < 1.29 is 33.1 Å². The molecule has 367 valence electrons. The second-order valence-corrected chi connectivity index (χ2v) is 21.4. The van der Waals surface area contributed by atoms with Gasteiger partial charge in [0.05, 0.1) is 28.3 Å². The molecular formula is C64H58IrN6O2-2. The molecule has 0 saturated heterocycles. The van der Waals surface area contributed by atoms with Crippen molar-refractivity contribution in [1.29, 1.82) is 0 Å². The Bertz CT molecular complexity index is 4040. The molecule has 0 N–H and O–H groups in total. The maximum atomic E-state index is 8.62. The topological polar surface area (TPSA) is 95.7 Å². The number of aromatic nitrogens is 6. The fourth-order valence-electron chi connectivity index (χ4n) is 9.67. The average molecular weight is 1140 g/mol. The summed E-state index contributed by atoms with van der Waals surface area (Å²) in [5.74, 6) is 2.34. The molecule has 0 fully saturated rings. The van der Waals surface area contributed by atoms with Gasteiger partial charge < -0.3 is 23.4 Å². The summed E-state index contributed by atoms with van der Waals surface area (Å²) in [4.78, 5) is 22.8. The van der Waals surface area contributed by atoms with Crippen LogP contribution < -0.4 is 0 Å². The molecule has 5 heterocycles. The van der Waals surface area contributed by atoms with Crippen molar-refractivity contribution >= 4 is 65.7 Å². The fraction of sp³-hybridized carbons (Fsp3) is 0.234. The van der Waals surface area contributed by atoms with Gasteiger partial charge in [0.1, 0.15) is 16.7 Å². The molecular weight excluding hydrogens is 1080 g/mol. The minimum Gasteiger partial charge on any atom is -0.501 e. The van der Waals surface area contributed by atoms with Crippen molar-refractivity contribution in [3.05, 3.63) is 180 Å². The van der Waals surface area contributed by atoms with Crippen LogP contribution in [0.1, 0.15) is 113 Å². The molecule has 12 rings (SSSR count). The number of para-hydroxylation sites is 1. The van der Waals surface area contributed by atoms with Crippen LogP contribution >= 0.6 is 0 Å². The van der Waals surface area contributed by atoms with E-state index in [1.54, 1.807) is 12.3 Å². The molecule has 0 unspecified atom stereocenters. The minimum atomic E-state index is -2.42. The van der Waals surface area contributed by atoms with Crippen LogP contribution in [0.4, 0.5) is 0 Å². The Labute approximate surface area is 444 Å². The third-order valence-electron chi connectivity index (χ3n) is 13.6. The van der Waals surface area contributed by atoms with Gasteiger partial charge in [-0.25, -0.2) is 0 Å². The van der Waals surface area contributed by atoms with E-state index in [9.17, 15) is 0 Å². The number of furan rings is 2. The Morgan fingerprint density at radius 2 is 1.29 bits per heavy atom. The van der Waals surface area contributed by atoms with Gasteiger partial charge in [-0.15, -0.1) is 17.7 Å². The van der Waals surface area contributed by atoms with Gasteiger partial charge in [0.25, 0.3) is 0 Å². The van der Waals surface area contributed by atoms with E-state index in [0.29, 0.717) is 44.7 Å². The molecule has 8 nitrogen and oxygen atoms in total. The van der Waals surface area contributed by atoms with Gasteiger partial charge in [-0.1, -0.05) is 178 Å². The molecule has 12 aromatic rings. The first-order valence-corrected chi connectivity index (χ1v) is 24.7. The molecule has 7 aromatic carbocycles. The molecule has 9 heteroatoms. The molecule has 0 amide bonds. The van der Waals surface area contributed by atoms with Gasteiger partial charge in [-0.05, 0) is 98.5 Å². The van der Waals surface area contributed by atoms with E-state index in [0.717, 1.165) is 71.9 Å². The molecule has 0 aliphatic rings. The van der Waals surface area contributed by atoms with E-state index < -0.39 is 6.85 Å². The number of benzene rings is 7. The van der Waals surface area contributed by atoms with Crippen molar-refractivity contribution in [2.24, 2.45) is 0 Å². The van der Waals surface area contributed by atoms with Crippen molar-refractivity contribution in [1.82, 2.24) is 29.5 Å². The van der Waals surface area contributed by atoms with E-state index in [1.165, 1.54) is 11.1 Å². The average Bonchev–Trinajstić information content (AvgIpc) is 4.14. The van der Waals surface area contributed by atoms with Crippen LogP contribution in [0.25, 0.3) is 105 Å². The van der Waals surface area contributed by atoms with Crippen LogP contribution in [-0.4, -0.2) is 29.5 Å². The molecule has 5 aromatic heterocycles. The number of aryl methyl sites for hydroxylation is 1. The SMILES string of the molecule is CC(C)(C)c1cnc(-c2[c-]nc(C(C)(C)C)nc2)nc1.[2H]C([2H])([2H])c1c[c-]c(-c2nc3ccc4ccccc4c3n2-c2c(C(C)C)cc(-c3ccccc3)cc2C(C)C)c2oc3cc4c(cc3c12)oc1ccccc14.[Ir]. The number of rotatable bonds is 6. The third-order valence-corrected chi connectivity index (χ3v) is 13.6. The first-order chi connectivity index (χ1) is 35.7. The number of imidazole rings is 1. The van der Waals surface area contributed by atoms with Crippen LogP contribution in [-0.2, 0) is 30.9 Å². The Kier molecular flexibility index (Phi) is 11.8. The van der Waals surface area contributed by atoms with E-state index in [1.807, 2.05) is 54.9 Å². The van der Waals surface area contributed by atoms with Crippen LogP contribution in [0.5, 0.6) is 0 Å². The van der Waals surface area contributed by atoms with Gasteiger partial charge in [0.15, 0.2) is 0 Å². The van der Waals surface area contributed by atoms with Gasteiger partial charge >= 0.3 is 0 Å². The molecule has 0 bridgehead atoms. The first-order valence-electron chi connectivity index (χ1n) is 26.2. The number of hydrogen-bond acceptors (Lipinski definition) is 7. The van der Waals surface area contributed by atoms with Gasteiger partial charge in [-0.2, -0.15) is 0 Å². The Morgan fingerprint density at radius 1 is 0.630 bits per heavy atom. The minimum absolute atomic E-state index is 0. The summed E-state index contributed by atoms with van der Waals surface area (Å²) < 4.78 is 41.3. The van der Waals surface area contributed by atoms with Crippen LogP contribution in [0.3, 0.4) is 0 Å². The quantitative estimate of drug-likeness (QED) is 0.153. The molecule has 0 atom stereocenters. The van der Waals surface area contributed by atoms with Gasteiger partial charge in [-0.3, -0.25) is 15.0 Å². The van der Waals surface area contributed by atoms with Crippen molar-refractivity contribution in [2.45, 2.75) is 98.8 Å². The predicted molar refractivity (Wildman–Crippen MR) is 295 cm³/mol. The van der Waals surface area contributed by atoms with E-state index in [2.05, 4.69) is 179 Å². The van der Waals surface area contributed by atoms with Crippen molar-refractivity contribution in [2.75, 3.05) is 0 Å². The second kappa shape index (κ2) is 18.9. The predicted octanol–water partition coefficient (Wildman–Crippen LogP) is 17.0. The second-order valence-electron chi connectivity index (χ2n) is 21.4. The summed E-state index contributed by atoms with van der Waals surface area (Å²) in [5, 5.41) is 5.24. The number of fused-ring (bicyclic) bond motifs is 9. The van der Waals surface area contributed by atoms with Crippen molar-refractivity contribution in [3.8, 4) is 39.6 Å². The molecule has 0 aliphatic carbocycles. The Morgan fingerprint density at radius 3 is 1.95 bits per heavy atom. The number of hydrogen-bond donors (Lipinski definition) is 0. The van der Waals surface area contributed by atoms with Crippen LogP contribution in [0.15, 0.2) is 149 Å². The summed E-state index contributed by atoms with van der Waals surface area (Å²) >= 11 is 0. The van der Waals surface area contributed by atoms with Crippen molar-refractivity contribution in [3.63, 3.8) is 0 Å². The van der Waals surface area contributed by atoms with Gasteiger partial charge in [0.2, 0.25) is 0 Å². The normalized spacial score (nSPS) is 13.0.